The maximum atomic E-state index is 4.39. The zero-order valence-corrected chi connectivity index (χ0v) is 6.77. The molecule has 58 valence electrons. The van der Waals surface area contributed by atoms with E-state index < -0.39 is 0 Å². The fraction of sp³-hybridized carbons (Fsp3) is 1.00. The molecule has 2 aliphatic rings. The maximum absolute atomic E-state index is 4.39. The SMILES string of the molecule is SN1CCNC2CNCC21. The third kappa shape index (κ3) is 1.05. The van der Waals surface area contributed by atoms with Crippen LogP contribution < -0.4 is 10.6 Å². The summed E-state index contributed by atoms with van der Waals surface area (Å²) < 4.78 is 2.14. The number of nitrogens with one attached hydrogen (secondary N) is 2. The van der Waals surface area contributed by atoms with Crippen LogP contribution in [-0.2, 0) is 0 Å². The van der Waals surface area contributed by atoms with Crippen LogP contribution in [0.15, 0.2) is 0 Å². The van der Waals surface area contributed by atoms with E-state index in [0.717, 1.165) is 26.2 Å². The number of hydrogen-bond donors (Lipinski definition) is 3. The molecule has 2 unspecified atom stereocenters. The number of fused-ring (bicyclic) bond motifs is 1. The summed E-state index contributed by atoms with van der Waals surface area (Å²) in [5.41, 5.74) is 0. The first-order valence-corrected chi connectivity index (χ1v) is 4.17. The molecule has 2 aliphatic heterocycles. The molecule has 0 amide bonds. The van der Waals surface area contributed by atoms with Crippen LogP contribution in [0.5, 0.6) is 0 Å². The monoisotopic (exact) mass is 159 g/mol. The average molecular weight is 159 g/mol. The molecule has 2 rings (SSSR count). The molecule has 2 saturated heterocycles. The van der Waals surface area contributed by atoms with Gasteiger partial charge in [-0.25, -0.2) is 4.31 Å². The van der Waals surface area contributed by atoms with Gasteiger partial charge in [0.1, 0.15) is 0 Å². The first-order valence-electron chi connectivity index (χ1n) is 3.77. The van der Waals surface area contributed by atoms with Gasteiger partial charge in [0.2, 0.25) is 0 Å². The highest BCUT2D eigenvalue weighted by Crippen LogP contribution is 2.14. The quantitative estimate of drug-likeness (QED) is 0.399. The Morgan fingerprint density at radius 3 is 3.10 bits per heavy atom. The Morgan fingerprint density at radius 2 is 2.30 bits per heavy atom. The number of rotatable bonds is 0. The van der Waals surface area contributed by atoms with Crippen molar-refractivity contribution in [3.05, 3.63) is 0 Å². The molecule has 0 bridgehead atoms. The summed E-state index contributed by atoms with van der Waals surface area (Å²) in [6, 6.07) is 1.24. The van der Waals surface area contributed by atoms with Gasteiger partial charge in [-0.05, 0) is 0 Å². The molecule has 0 aromatic carbocycles. The minimum absolute atomic E-state index is 0.608. The summed E-state index contributed by atoms with van der Waals surface area (Å²) in [5, 5.41) is 6.80. The molecule has 2 heterocycles. The highest BCUT2D eigenvalue weighted by Gasteiger charge is 2.32. The van der Waals surface area contributed by atoms with Crippen LogP contribution in [0.2, 0.25) is 0 Å². The Hall–Kier alpha value is 0.230. The molecule has 0 spiro atoms. The topological polar surface area (TPSA) is 27.3 Å². The van der Waals surface area contributed by atoms with Crippen molar-refractivity contribution in [2.45, 2.75) is 12.1 Å². The average Bonchev–Trinajstić information content (AvgIpc) is 2.36. The highest BCUT2D eigenvalue weighted by molar-refractivity contribution is 7.77. The molecule has 2 atom stereocenters. The Labute approximate surface area is 66.7 Å². The fourth-order valence-electron chi connectivity index (χ4n) is 1.72. The minimum Gasteiger partial charge on any atom is -0.313 e. The van der Waals surface area contributed by atoms with Crippen molar-refractivity contribution in [3.63, 3.8) is 0 Å². The molecule has 3 nitrogen and oxygen atoms in total. The van der Waals surface area contributed by atoms with E-state index in [4.69, 9.17) is 0 Å². The fourth-order valence-corrected chi connectivity index (χ4v) is 2.06. The second kappa shape index (κ2) is 2.70. The van der Waals surface area contributed by atoms with Gasteiger partial charge in [-0.3, -0.25) is 0 Å². The second-order valence-electron chi connectivity index (χ2n) is 2.95. The van der Waals surface area contributed by atoms with E-state index in [2.05, 4.69) is 27.8 Å². The molecular formula is C6H13N3S. The van der Waals surface area contributed by atoms with Crippen molar-refractivity contribution in [2.24, 2.45) is 0 Å². The van der Waals surface area contributed by atoms with Gasteiger partial charge in [0.25, 0.3) is 0 Å². The van der Waals surface area contributed by atoms with E-state index in [1.54, 1.807) is 0 Å². The number of hydrogen-bond acceptors (Lipinski definition) is 4. The zero-order chi connectivity index (χ0) is 6.97. The molecule has 0 radical (unpaired) electrons. The number of thiol groups is 1. The van der Waals surface area contributed by atoms with E-state index >= 15 is 0 Å². The standard InChI is InChI=1S/C6H13N3S/c10-9-2-1-8-5-3-7-4-6(5)9/h5-8,10H,1-4H2. The molecule has 0 saturated carbocycles. The van der Waals surface area contributed by atoms with Crippen molar-refractivity contribution in [1.29, 1.82) is 0 Å². The first-order chi connectivity index (χ1) is 4.88. The van der Waals surface area contributed by atoms with Crippen LogP contribution >= 0.6 is 12.8 Å². The summed E-state index contributed by atoms with van der Waals surface area (Å²) in [7, 11) is 0. The molecule has 10 heavy (non-hydrogen) atoms. The van der Waals surface area contributed by atoms with Crippen LogP contribution in [0.3, 0.4) is 0 Å². The Bertz CT molecular complexity index is 130. The van der Waals surface area contributed by atoms with Gasteiger partial charge in [-0.15, -0.1) is 0 Å². The lowest BCUT2D eigenvalue weighted by Crippen LogP contribution is -2.53. The summed E-state index contributed by atoms with van der Waals surface area (Å²) in [4.78, 5) is 0. The van der Waals surface area contributed by atoms with Crippen molar-refractivity contribution >= 4 is 12.8 Å². The van der Waals surface area contributed by atoms with E-state index in [1.807, 2.05) is 0 Å². The Morgan fingerprint density at radius 1 is 1.40 bits per heavy atom. The summed E-state index contributed by atoms with van der Waals surface area (Å²) in [5.74, 6) is 0. The summed E-state index contributed by atoms with van der Waals surface area (Å²) in [6.07, 6.45) is 0. The van der Waals surface area contributed by atoms with E-state index in [9.17, 15) is 0 Å². The maximum Gasteiger partial charge on any atom is 0.0491 e. The molecule has 0 aromatic rings. The summed E-state index contributed by atoms with van der Waals surface area (Å²) in [6.45, 7) is 4.32. The van der Waals surface area contributed by atoms with E-state index in [0.29, 0.717) is 12.1 Å². The number of nitrogens with zero attached hydrogens (tertiary/aromatic N) is 1. The Balaban J connectivity index is 2.03. The van der Waals surface area contributed by atoms with Gasteiger partial charge in [-0.2, -0.15) is 0 Å². The minimum atomic E-state index is 0.608. The normalized spacial score (nSPS) is 41.7. The molecule has 4 heteroatoms. The van der Waals surface area contributed by atoms with Crippen molar-refractivity contribution < 1.29 is 0 Å². The Kier molecular flexibility index (Phi) is 1.86. The number of piperazine rings is 1. The predicted molar refractivity (Wildman–Crippen MR) is 44.1 cm³/mol. The van der Waals surface area contributed by atoms with Gasteiger partial charge >= 0.3 is 0 Å². The lowest BCUT2D eigenvalue weighted by atomic mass is 10.1. The predicted octanol–water partition coefficient (Wildman–Crippen LogP) is -0.923. The lowest BCUT2D eigenvalue weighted by molar-refractivity contribution is 0.269. The highest BCUT2D eigenvalue weighted by atomic mass is 32.1. The van der Waals surface area contributed by atoms with Gasteiger partial charge in [0.15, 0.2) is 0 Å². The van der Waals surface area contributed by atoms with Gasteiger partial charge in [0.05, 0.1) is 0 Å². The lowest BCUT2D eigenvalue weighted by Gasteiger charge is -2.33. The van der Waals surface area contributed by atoms with Crippen molar-refractivity contribution in [2.75, 3.05) is 26.2 Å². The molecular weight excluding hydrogens is 146 g/mol. The smallest absolute Gasteiger partial charge is 0.0491 e. The van der Waals surface area contributed by atoms with Crippen LogP contribution in [-0.4, -0.2) is 42.6 Å². The van der Waals surface area contributed by atoms with Crippen LogP contribution in [0.1, 0.15) is 0 Å². The van der Waals surface area contributed by atoms with Gasteiger partial charge in [-0.1, -0.05) is 12.8 Å². The van der Waals surface area contributed by atoms with Crippen molar-refractivity contribution in [1.82, 2.24) is 14.9 Å². The first kappa shape index (κ1) is 6.91. The van der Waals surface area contributed by atoms with Crippen LogP contribution in [0.4, 0.5) is 0 Å². The van der Waals surface area contributed by atoms with E-state index in [1.165, 1.54) is 0 Å². The molecule has 0 aliphatic carbocycles. The largest absolute Gasteiger partial charge is 0.313 e. The third-order valence-corrected chi connectivity index (χ3v) is 2.81. The molecule has 2 fully saturated rings. The molecule has 2 N–H and O–H groups in total. The van der Waals surface area contributed by atoms with Crippen LogP contribution in [0.25, 0.3) is 0 Å². The van der Waals surface area contributed by atoms with Gasteiger partial charge < -0.3 is 10.6 Å². The van der Waals surface area contributed by atoms with E-state index in [-0.39, 0.29) is 0 Å². The molecule has 0 aromatic heterocycles. The summed E-state index contributed by atoms with van der Waals surface area (Å²) >= 11 is 4.39. The van der Waals surface area contributed by atoms with Crippen LogP contribution in [0, 0.1) is 0 Å². The van der Waals surface area contributed by atoms with Crippen molar-refractivity contribution in [3.8, 4) is 0 Å². The third-order valence-electron chi connectivity index (χ3n) is 2.31. The second-order valence-corrected chi connectivity index (χ2v) is 3.46. The van der Waals surface area contributed by atoms with Gasteiger partial charge in [0, 0.05) is 38.3 Å². The zero-order valence-electron chi connectivity index (χ0n) is 5.88.